The first-order chi connectivity index (χ1) is 15.2. The number of carbonyl (C=O) groups is 3. The Kier molecular flexibility index (Phi) is 6.73. The van der Waals surface area contributed by atoms with Gasteiger partial charge in [-0.3, -0.25) is 0 Å². The fraction of sp³-hybridized carbons (Fsp3) is 0.250. The van der Waals surface area contributed by atoms with Crippen molar-refractivity contribution in [3.05, 3.63) is 77.9 Å². The molecule has 1 aromatic heterocycles. The van der Waals surface area contributed by atoms with E-state index >= 15 is 0 Å². The number of imidazole rings is 1. The maximum atomic E-state index is 11.6. The van der Waals surface area contributed by atoms with E-state index in [0.29, 0.717) is 0 Å². The standard InChI is InChI=1S/C18H16N2O2.C6H8O4/c1-13-3-7-15(8-4-13)19-11-12-20(17(19)18(21)22)16-9-5-14(2)6-10-16;1-3-5(7)10-4(2)6(8)9-3/h3-12H,1-2H3;3-4H,1-2H3. The summed E-state index contributed by atoms with van der Waals surface area (Å²) in [5.41, 5.74) is 3.82. The maximum absolute atomic E-state index is 11.6. The number of hydrogen-bond acceptors (Lipinski definition) is 6. The molecule has 1 fully saturated rings. The lowest BCUT2D eigenvalue weighted by Gasteiger charge is -2.22. The van der Waals surface area contributed by atoms with Crippen molar-refractivity contribution in [3.8, 4) is 11.4 Å². The van der Waals surface area contributed by atoms with Gasteiger partial charge < -0.3 is 19.4 Å². The summed E-state index contributed by atoms with van der Waals surface area (Å²) >= 11 is 0. The Morgan fingerprint density at radius 2 is 1.34 bits per heavy atom. The molecule has 1 saturated heterocycles. The van der Waals surface area contributed by atoms with Gasteiger partial charge in [0.05, 0.1) is 0 Å². The number of carbonyl (C=O) groups excluding carboxylic acids is 3. The molecule has 32 heavy (non-hydrogen) atoms. The molecule has 4 rings (SSSR count). The maximum Gasteiger partial charge on any atom is 0.347 e. The van der Waals surface area contributed by atoms with Crippen molar-refractivity contribution < 1.29 is 33.5 Å². The minimum absolute atomic E-state index is 0.0905. The molecule has 166 valence electrons. The molecule has 0 amide bonds. The van der Waals surface area contributed by atoms with Crippen LogP contribution < -0.4 is 9.67 Å². The van der Waals surface area contributed by atoms with Crippen molar-refractivity contribution >= 4 is 17.9 Å². The van der Waals surface area contributed by atoms with E-state index in [-0.39, 0.29) is 5.82 Å². The summed E-state index contributed by atoms with van der Waals surface area (Å²) in [5, 5.41) is 11.6. The third kappa shape index (κ3) is 5.03. The molecule has 2 aromatic carbocycles. The van der Waals surface area contributed by atoms with E-state index in [1.807, 2.05) is 62.4 Å². The fourth-order valence-electron chi connectivity index (χ4n) is 3.05. The second-order valence-electron chi connectivity index (χ2n) is 7.48. The Morgan fingerprint density at radius 3 is 1.81 bits per heavy atom. The molecule has 2 atom stereocenters. The fourth-order valence-corrected chi connectivity index (χ4v) is 3.05. The molecule has 0 spiro atoms. The number of rotatable bonds is 3. The SMILES string of the molecule is CC1OC(=O)C(C)OC1=O.Cc1ccc(-n2cc[n+](-c3ccc(C)cc3)c2C(=O)[O-])cc1. The van der Waals surface area contributed by atoms with Crippen LogP contribution in [0.3, 0.4) is 0 Å². The van der Waals surface area contributed by atoms with E-state index < -0.39 is 30.1 Å². The minimum atomic E-state index is -1.22. The predicted octanol–water partition coefficient (Wildman–Crippen LogP) is 1.60. The number of nitrogens with zero attached hydrogens (tertiary/aromatic N) is 2. The lowest BCUT2D eigenvalue weighted by atomic mass is 10.2. The van der Waals surface area contributed by atoms with Gasteiger partial charge >= 0.3 is 17.8 Å². The summed E-state index contributed by atoms with van der Waals surface area (Å²) in [6.07, 6.45) is 1.97. The number of carboxylic acids is 1. The molecule has 2 unspecified atom stereocenters. The van der Waals surface area contributed by atoms with Crippen LogP contribution in [0.25, 0.3) is 11.4 Å². The molecule has 0 N–H and O–H groups in total. The van der Waals surface area contributed by atoms with Crippen LogP contribution in [0.4, 0.5) is 0 Å². The van der Waals surface area contributed by atoms with Gasteiger partial charge in [0.2, 0.25) is 0 Å². The molecule has 2 heterocycles. The number of aryl methyl sites for hydroxylation is 2. The zero-order valence-electron chi connectivity index (χ0n) is 18.3. The van der Waals surface area contributed by atoms with Crippen molar-refractivity contribution in [2.45, 2.75) is 39.9 Å². The van der Waals surface area contributed by atoms with E-state index in [9.17, 15) is 19.5 Å². The summed E-state index contributed by atoms with van der Waals surface area (Å²) < 4.78 is 12.4. The third-order valence-corrected chi connectivity index (χ3v) is 4.88. The average Bonchev–Trinajstić information content (AvgIpc) is 3.19. The first-order valence-electron chi connectivity index (χ1n) is 10.1. The van der Waals surface area contributed by atoms with E-state index in [4.69, 9.17) is 0 Å². The third-order valence-electron chi connectivity index (χ3n) is 4.88. The number of esters is 2. The van der Waals surface area contributed by atoms with Crippen LogP contribution in [0.1, 0.15) is 35.6 Å². The summed E-state index contributed by atoms with van der Waals surface area (Å²) in [5.74, 6) is -2.09. The van der Waals surface area contributed by atoms with Crippen LogP contribution in [0, 0.1) is 13.8 Å². The van der Waals surface area contributed by atoms with Crippen molar-refractivity contribution in [2.24, 2.45) is 0 Å². The van der Waals surface area contributed by atoms with Gasteiger partial charge in [0.15, 0.2) is 18.2 Å². The smallest absolute Gasteiger partial charge is 0.347 e. The molecular formula is C24H24N2O6. The number of benzene rings is 2. The van der Waals surface area contributed by atoms with Crippen molar-refractivity contribution in [2.75, 3.05) is 0 Å². The number of hydrogen-bond donors (Lipinski definition) is 0. The Labute approximate surface area is 185 Å². The molecule has 1 aliphatic heterocycles. The molecule has 8 nitrogen and oxygen atoms in total. The summed E-state index contributed by atoms with van der Waals surface area (Å²) in [4.78, 5) is 32.9. The Balaban J connectivity index is 0.000000243. The number of carboxylic acid groups (broad SMARTS) is 1. The normalized spacial score (nSPS) is 17.6. The molecule has 8 heteroatoms. The lowest BCUT2D eigenvalue weighted by molar-refractivity contribution is -0.600. The number of cyclic esters (lactones) is 2. The van der Waals surface area contributed by atoms with Gasteiger partial charge in [-0.2, -0.15) is 9.13 Å². The topological polar surface area (TPSA) is 102 Å². The van der Waals surface area contributed by atoms with E-state index in [0.717, 1.165) is 22.5 Å². The number of aromatic carboxylic acids is 1. The summed E-state index contributed by atoms with van der Waals surface area (Å²) in [6.45, 7) is 6.94. The largest absolute Gasteiger partial charge is 0.538 e. The molecule has 0 bridgehead atoms. The van der Waals surface area contributed by atoms with Gasteiger partial charge in [0, 0.05) is 0 Å². The van der Waals surface area contributed by atoms with Crippen molar-refractivity contribution in [3.63, 3.8) is 0 Å². The van der Waals surface area contributed by atoms with Crippen LogP contribution in [-0.4, -0.2) is 34.7 Å². The Morgan fingerprint density at radius 1 is 0.875 bits per heavy atom. The highest BCUT2D eigenvalue weighted by atomic mass is 16.6. The van der Waals surface area contributed by atoms with E-state index in [2.05, 4.69) is 9.47 Å². The van der Waals surface area contributed by atoms with Gasteiger partial charge in [-0.1, -0.05) is 35.4 Å². The van der Waals surface area contributed by atoms with E-state index in [1.54, 1.807) is 21.5 Å². The zero-order valence-corrected chi connectivity index (χ0v) is 18.3. The van der Waals surface area contributed by atoms with Gasteiger partial charge in [-0.05, 0) is 52.0 Å². The van der Waals surface area contributed by atoms with Gasteiger partial charge in [-0.25, -0.2) is 9.59 Å². The van der Waals surface area contributed by atoms with Crippen LogP contribution in [0.2, 0.25) is 0 Å². The molecular weight excluding hydrogens is 412 g/mol. The zero-order chi connectivity index (χ0) is 23.4. The molecule has 0 saturated carbocycles. The van der Waals surface area contributed by atoms with Crippen LogP contribution in [0.5, 0.6) is 0 Å². The summed E-state index contributed by atoms with van der Waals surface area (Å²) in [6, 6.07) is 15.4. The van der Waals surface area contributed by atoms with Crippen LogP contribution >= 0.6 is 0 Å². The Bertz CT molecular complexity index is 1050. The molecule has 0 radical (unpaired) electrons. The average molecular weight is 436 g/mol. The van der Waals surface area contributed by atoms with Gasteiger partial charge in [0.25, 0.3) is 0 Å². The molecule has 3 aromatic rings. The van der Waals surface area contributed by atoms with Crippen molar-refractivity contribution in [1.29, 1.82) is 0 Å². The highest BCUT2D eigenvalue weighted by Gasteiger charge is 2.32. The van der Waals surface area contributed by atoms with Gasteiger partial charge in [-0.15, -0.1) is 0 Å². The Hall–Kier alpha value is -3.94. The monoisotopic (exact) mass is 436 g/mol. The molecule has 0 aliphatic carbocycles. The first kappa shape index (κ1) is 22.7. The highest BCUT2D eigenvalue weighted by molar-refractivity contribution is 5.86. The first-order valence-corrected chi connectivity index (χ1v) is 10.1. The molecule has 1 aliphatic rings. The minimum Gasteiger partial charge on any atom is -0.538 e. The van der Waals surface area contributed by atoms with Crippen LogP contribution in [-0.2, 0) is 19.1 Å². The second kappa shape index (κ2) is 9.47. The van der Waals surface area contributed by atoms with Crippen LogP contribution in [0.15, 0.2) is 60.9 Å². The highest BCUT2D eigenvalue weighted by Crippen LogP contribution is 2.13. The summed E-state index contributed by atoms with van der Waals surface area (Å²) in [7, 11) is 0. The van der Waals surface area contributed by atoms with Gasteiger partial charge in [0.1, 0.15) is 23.8 Å². The second-order valence-corrected chi connectivity index (χ2v) is 7.48. The van der Waals surface area contributed by atoms with E-state index in [1.165, 1.54) is 13.8 Å². The predicted molar refractivity (Wildman–Crippen MR) is 112 cm³/mol. The number of ether oxygens (including phenoxy) is 2. The lowest BCUT2D eigenvalue weighted by Crippen LogP contribution is -2.42. The van der Waals surface area contributed by atoms with Crippen molar-refractivity contribution in [1.82, 2.24) is 4.57 Å². The quantitative estimate of drug-likeness (QED) is 0.457. The number of aromatic nitrogens is 2.